The minimum absolute atomic E-state index is 0.362. The van der Waals surface area contributed by atoms with Gasteiger partial charge in [0.15, 0.2) is 0 Å². The first-order chi connectivity index (χ1) is 17.7. The van der Waals surface area contributed by atoms with Crippen LogP contribution in [0.4, 0.5) is 0 Å². The van der Waals surface area contributed by atoms with E-state index in [-0.39, 0.29) is 0 Å². The predicted octanol–water partition coefficient (Wildman–Crippen LogP) is 10.2. The molecule has 0 heterocycles. The van der Waals surface area contributed by atoms with Crippen LogP contribution in [-0.4, -0.2) is 0 Å². The molecule has 0 saturated heterocycles. The van der Waals surface area contributed by atoms with Gasteiger partial charge < -0.3 is 0 Å². The maximum atomic E-state index is 4.45. The van der Waals surface area contributed by atoms with Gasteiger partial charge in [0.05, 0.1) is 0 Å². The molecule has 1 saturated carbocycles. The molecule has 2 aromatic carbocycles. The Labute approximate surface area is 226 Å². The Hall–Kier alpha value is -2.60. The van der Waals surface area contributed by atoms with Gasteiger partial charge in [0.2, 0.25) is 0 Å². The van der Waals surface area contributed by atoms with Crippen LogP contribution >= 0.6 is 0 Å². The van der Waals surface area contributed by atoms with Crippen LogP contribution in [0.2, 0.25) is 0 Å². The molecule has 5 atom stereocenters. The molecule has 0 aliphatic heterocycles. The summed E-state index contributed by atoms with van der Waals surface area (Å²) < 4.78 is 0. The van der Waals surface area contributed by atoms with E-state index in [0.29, 0.717) is 11.8 Å². The van der Waals surface area contributed by atoms with Crippen molar-refractivity contribution in [1.29, 1.82) is 0 Å². The van der Waals surface area contributed by atoms with E-state index in [2.05, 4.69) is 96.3 Å². The SMILES string of the molecule is C=C1C=CC(C)C(=C)C1CC1=Cc2cccc(-c3cc(C)cc(C)c3C[C@@H]3CCC(CC)C[C@@H]3C)c2C1. The third kappa shape index (κ3) is 5.22. The highest BCUT2D eigenvalue weighted by Gasteiger charge is 2.29. The van der Waals surface area contributed by atoms with Crippen molar-refractivity contribution < 1.29 is 0 Å². The van der Waals surface area contributed by atoms with E-state index in [9.17, 15) is 0 Å². The predicted molar refractivity (Wildman–Crippen MR) is 162 cm³/mol. The fraction of sp³-hybridized carbons (Fsp3) is 0.459. The third-order valence-corrected chi connectivity index (χ3v) is 9.93. The lowest BCUT2D eigenvalue weighted by Crippen LogP contribution is -2.24. The molecule has 37 heavy (non-hydrogen) atoms. The van der Waals surface area contributed by atoms with Gasteiger partial charge in [0.1, 0.15) is 0 Å². The quantitative estimate of drug-likeness (QED) is 0.353. The molecular weight excluding hydrogens is 444 g/mol. The molecule has 0 aromatic heterocycles. The summed E-state index contributed by atoms with van der Waals surface area (Å²) in [5.41, 5.74) is 14.3. The van der Waals surface area contributed by atoms with Crippen LogP contribution in [0.15, 0.2) is 72.4 Å². The molecule has 0 radical (unpaired) electrons. The van der Waals surface area contributed by atoms with Crippen LogP contribution in [-0.2, 0) is 12.8 Å². The maximum Gasteiger partial charge on any atom is 0.00826 e. The smallest absolute Gasteiger partial charge is 0.00826 e. The van der Waals surface area contributed by atoms with E-state index in [0.717, 1.165) is 30.6 Å². The number of rotatable bonds is 6. The van der Waals surface area contributed by atoms with Crippen molar-refractivity contribution in [3.8, 4) is 11.1 Å². The maximum absolute atomic E-state index is 4.45. The lowest BCUT2D eigenvalue weighted by atomic mass is 9.71. The Kier molecular flexibility index (Phi) is 7.49. The monoisotopic (exact) mass is 490 g/mol. The van der Waals surface area contributed by atoms with Crippen LogP contribution in [0.5, 0.6) is 0 Å². The topological polar surface area (TPSA) is 0 Å². The van der Waals surface area contributed by atoms with Gasteiger partial charge in [-0.2, -0.15) is 0 Å². The minimum atomic E-state index is 0.362. The number of hydrogen-bond donors (Lipinski definition) is 0. The summed E-state index contributed by atoms with van der Waals surface area (Å²) in [6, 6.07) is 11.8. The Bertz CT molecular complexity index is 1270. The Morgan fingerprint density at radius 2 is 1.78 bits per heavy atom. The molecule has 194 valence electrons. The average molecular weight is 491 g/mol. The van der Waals surface area contributed by atoms with Crippen molar-refractivity contribution in [1.82, 2.24) is 0 Å². The highest BCUT2D eigenvalue weighted by molar-refractivity contribution is 5.80. The van der Waals surface area contributed by atoms with Gasteiger partial charge in [0, 0.05) is 5.92 Å². The summed E-state index contributed by atoms with van der Waals surface area (Å²) >= 11 is 0. The Morgan fingerprint density at radius 3 is 2.54 bits per heavy atom. The number of fused-ring (bicyclic) bond motifs is 1. The number of hydrogen-bond acceptors (Lipinski definition) is 0. The molecule has 3 unspecified atom stereocenters. The molecule has 3 aliphatic rings. The molecule has 5 rings (SSSR count). The van der Waals surface area contributed by atoms with Gasteiger partial charge in [-0.15, -0.1) is 0 Å². The summed E-state index contributed by atoms with van der Waals surface area (Å²) in [4.78, 5) is 0. The number of benzene rings is 2. The summed E-state index contributed by atoms with van der Waals surface area (Å²) in [5.74, 6) is 3.34. The summed E-state index contributed by atoms with van der Waals surface area (Å²) in [6.45, 7) is 20.6. The summed E-state index contributed by atoms with van der Waals surface area (Å²) in [6.07, 6.45) is 15.8. The zero-order valence-corrected chi connectivity index (χ0v) is 23.9. The zero-order valence-electron chi connectivity index (χ0n) is 23.9. The second-order valence-corrected chi connectivity index (χ2v) is 12.5. The number of allylic oxidation sites excluding steroid dienone is 5. The van der Waals surface area contributed by atoms with Crippen molar-refractivity contribution in [2.75, 3.05) is 0 Å². The number of aryl methyl sites for hydroxylation is 2. The van der Waals surface area contributed by atoms with Crippen LogP contribution < -0.4 is 0 Å². The van der Waals surface area contributed by atoms with E-state index in [1.165, 1.54) is 82.2 Å². The van der Waals surface area contributed by atoms with Gasteiger partial charge >= 0.3 is 0 Å². The first kappa shape index (κ1) is 26.0. The van der Waals surface area contributed by atoms with Gasteiger partial charge in [-0.05, 0) is 109 Å². The van der Waals surface area contributed by atoms with Crippen molar-refractivity contribution in [3.05, 3.63) is 100 Å². The normalized spacial score (nSPS) is 27.4. The van der Waals surface area contributed by atoms with E-state index in [1.807, 2.05) is 0 Å². The van der Waals surface area contributed by atoms with E-state index < -0.39 is 0 Å². The summed E-state index contributed by atoms with van der Waals surface area (Å²) in [5, 5.41) is 0. The van der Waals surface area contributed by atoms with Gasteiger partial charge in [-0.1, -0.05) is 112 Å². The van der Waals surface area contributed by atoms with Crippen LogP contribution in [0.3, 0.4) is 0 Å². The second kappa shape index (κ2) is 10.6. The minimum Gasteiger partial charge on any atom is -0.0986 e. The molecule has 0 nitrogen and oxygen atoms in total. The lowest BCUT2D eigenvalue weighted by Gasteiger charge is -2.35. The van der Waals surface area contributed by atoms with Crippen molar-refractivity contribution in [2.45, 2.75) is 79.6 Å². The molecule has 0 bridgehead atoms. The Balaban J connectivity index is 1.44. The highest BCUT2D eigenvalue weighted by Crippen LogP contribution is 2.44. The third-order valence-electron chi connectivity index (χ3n) is 9.93. The largest absolute Gasteiger partial charge is 0.0986 e. The molecular formula is C37H46. The van der Waals surface area contributed by atoms with E-state index >= 15 is 0 Å². The van der Waals surface area contributed by atoms with Crippen molar-refractivity contribution in [2.24, 2.45) is 29.6 Å². The van der Waals surface area contributed by atoms with Gasteiger partial charge in [0.25, 0.3) is 0 Å². The first-order valence-electron chi connectivity index (χ1n) is 14.7. The van der Waals surface area contributed by atoms with E-state index in [1.54, 1.807) is 5.56 Å². The van der Waals surface area contributed by atoms with Crippen molar-refractivity contribution >= 4 is 6.08 Å². The van der Waals surface area contributed by atoms with Crippen LogP contribution in [0.25, 0.3) is 17.2 Å². The molecule has 2 aromatic rings. The lowest BCUT2D eigenvalue weighted by molar-refractivity contribution is 0.189. The highest BCUT2D eigenvalue weighted by atomic mass is 14.3. The second-order valence-electron chi connectivity index (χ2n) is 12.5. The summed E-state index contributed by atoms with van der Waals surface area (Å²) in [7, 11) is 0. The molecule has 0 spiro atoms. The molecule has 0 amide bonds. The average Bonchev–Trinajstić information content (AvgIpc) is 3.29. The standard InChI is InChI=1S/C37H46/c1-8-29-14-15-31(26(5)18-29)22-35-27(6)16-23(2)17-37(35)33-11-9-10-32-19-30(21-36(32)33)20-34-25(4)13-12-24(3)28(34)7/h9-13,16-17,19,24,26,29,31,34H,4,7-8,14-15,18,20-22H2,1-3,5-6H3/t24?,26-,29?,31-,34?/m0/s1. The molecule has 0 N–H and O–H groups in total. The molecule has 3 aliphatic carbocycles. The van der Waals surface area contributed by atoms with Crippen LogP contribution in [0.1, 0.15) is 80.7 Å². The zero-order chi connectivity index (χ0) is 26.3. The van der Waals surface area contributed by atoms with E-state index in [4.69, 9.17) is 0 Å². The molecule has 1 fully saturated rings. The molecule has 0 heteroatoms. The Morgan fingerprint density at radius 1 is 0.973 bits per heavy atom. The van der Waals surface area contributed by atoms with Crippen molar-refractivity contribution in [3.63, 3.8) is 0 Å². The fourth-order valence-corrected chi connectivity index (χ4v) is 7.42. The van der Waals surface area contributed by atoms with Gasteiger partial charge in [-0.25, -0.2) is 0 Å². The van der Waals surface area contributed by atoms with Gasteiger partial charge in [-0.3, -0.25) is 0 Å². The van der Waals surface area contributed by atoms with Crippen LogP contribution in [0, 0.1) is 43.4 Å². The fourth-order valence-electron chi connectivity index (χ4n) is 7.42. The first-order valence-corrected chi connectivity index (χ1v) is 14.7.